The topological polar surface area (TPSA) is 43.1 Å². The fourth-order valence-corrected chi connectivity index (χ4v) is 1.18. The molecule has 0 saturated carbocycles. The smallest absolute Gasteiger partial charge is 0.223 e. The van der Waals surface area contributed by atoms with Crippen LogP contribution in [0.1, 0.15) is 33.1 Å². The second-order valence-corrected chi connectivity index (χ2v) is 4.19. The number of amides is 1. The lowest BCUT2D eigenvalue weighted by Gasteiger charge is -2.19. The molecule has 2 N–H and O–H groups in total. The van der Waals surface area contributed by atoms with E-state index in [0.717, 1.165) is 24.6 Å². The van der Waals surface area contributed by atoms with E-state index in [2.05, 4.69) is 15.9 Å². The Labute approximate surface area is 76.7 Å². The van der Waals surface area contributed by atoms with E-state index < -0.39 is 0 Å². The highest BCUT2D eigenvalue weighted by Crippen LogP contribution is 2.22. The fraction of sp³-hybridized carbons (Fsp3) is 0.875. The molecule has 0 aliphatic heterocycles. The molecule has 0 atom stereocenters. The third-order valence-corrected chi connectivity index (χ3v) is 2.41. The molecule has 0 aliphatic carbocycles. The summed E-state index contributed by atoms with van der Waals surface area (Å²) in [7, 11) is 0. The van der Waals surface area contributed by atoms with Crippen molar-refractivity contribution in [1.29, 1.82) is 0 Å². The first-order valence-electron chi connectivity index (χ1n) is 3.86. The highest BCUT2D eigenvalue weighted by Gasteiger charge is 2.23. The molecule has 3 heteroatoms. The number of rotatable bonds is 5. The standard InChI is InChI=1S/C8H16BrNO/c1-8(2,7(10)11)5-3-4-6-9/h3-6H2,1-2H3,(H2,10,11). The minimum absolute atomic E-state index is 0.202. The van der Waals surface area contributed by atoms with Gasteiger partial charge < -0.3 is 5.73 Å². The number of hydrogen-bond acceptors (Lipinski definition) is 1. The maximum atomic E-state index is 10.8. The largest absolute Gasteiger partial charge is 0.369 e. The predicted molar refractivity (Wildman–Crippen MR) is 50.6 cm³/mol. The number of carbonyl (C=O) groups is 1. The molecular formula is C8H16BrNO. The first-order chi connectivity index (χ1) is 5.00. The molecule has 0 bridgehead atoms. The van der Waals surface area contributed by atoms with Gasteiger partial charge >= 0.3 is 0 Å². The quantitative estimate of drug-likeness (QED) is 0.561. The van der Waals surface area contributed by atoms with Crippen LogP contribution >= 0.6 is 15.9 Å². The zero-order chi connectivity index (χ0) is 8.91. The van der Waals surface area contributed by atoms with Crippen molar-refractivity contribution >= 4 is 21.8 Å². The van der Waals surface area contributed by atoms with Crippen LogP contribution in [0.15, 0.2) is 0 Å². The van der Waals surface area contributed by atoms with Gasteiger partial charge in [0.25, 0.3) is 0 Å². The van der Waals surface area contributed by atoms with Crippen molar-refractivity contribution in [1.82, 2.24) is 0 Å². The van der Waals surface area contributed by atoms with Gasteiger partial charge in [-0.3, -0.25) is 4.79 Å². The summed E-state index contributed by atoms with van der Waals surface area (Å²) < 4.78 is 0. The summed E-state index contributed by atoms with van der Waals surface area (Å²) in [6, 6.07) is 0. The van der Waals surface area contributed by atoms with Crippen molar-refractivity contribution in [3.8, 4) is 0 Å². The van der Waals surface area contributed by atoms with Crippen molar-refractivity contribution in [2.75, 3.05) is 5.33 Å². The zero-order valence-electron chi connectivity index (χ0n) is 7.19. The maximum absolute atomic E-state index is 10.8. The Morgan fingerprint density at radius 3 is 2.36 bits per heavy atom. The fourth-order valence-electron chi connectivity index (χ4n) is 0.785. The molecule has 0 rings (SSSR count). The number of hydrogen-bond donors (Lipinski definition) is 1. The van der Waals surface area contributed by atoms with E-state index in [4.69, 9.17) is 5.73 Å². The van der Waals surface area contributed by atoms with E-state index in [1.54, 1.807) is 0 Å². The van der Waals surface area contributed by atoms with Crippen LogP contribution in [0.4, 0.5) is 0 Å². The van der Waals surface area contributed by atoms with Crippen LogP contribution in [0.3, 0.4) is 0 Å². The Morgan fingerprint density at radius 1 is 1.45 bits per heavy atom. The summed E-state index contributed by atoms with van der Waals surface area (Å²) in [6.45, 7) is 3.78. The number of primary amides is 1. The van der Waals surface area contributed by atoms with Gasteiger partial charge in [-0.1, -0.05) is 36.2 Å². The summed E-state index contributed by atoms with van der Waals surface area (Å²) in [5.41, 5.74) is 4.87. The molecular weight excluding hydrogens is 206 g/mol. The second-order valence-electron chi connectivity index (χ2n) is 3.39. The lowest BCUT2D eigenvalue weighted by molar-refractivity contribution is -0.126. The van der Waals surface area contributed by atoms with Crippen molar-refractivity contribution < 1.29 is 4.79 Å². The molecule has 0 aromatic heterocycles. The lowest BCUT2D eigenvalue weighted by atomic mass is 9.87. The summed E-state index contributed by atoms with van der Waals surface area (Å²) >= 11 is 3.34. The second kappa shape index (κ2) is 4.75. The molecule has 0 saturated heterocycles. The number of halogens is 1. The Bertz CT molecular complexity index is 134. The van der Waals surface area contributed by atoms with Gasteiger partial charge in [0.05, 0.1) is 0 Å². The van der Waals surface area contributed by atoms with Crippen LogP contribution in [0.2, 0.25) is 0 Å². The molecule has 0 aliphatic rings. The van der Waals surface area contributed by atoms with Crippen LogP contribution in [0.25, 0.3) is 0 Å². The average molecular weight is 222 g/mol. The van der Waals surface area contributed by atoms with Gasteiger partial charge in [-0.2, -0.15) is 0 Å². The molecule has 0 fully saturated rings. The van der Waals surface area contributed by atoms with Gasteiger partial charge in [0.15, 0.2) is 0 Å². The van der Waals surface area contributed by atoms with Crippen LogP contribution in [-0.2, 0) is 4.79 Å². The van der Waals surface area contributed by atoms with E-state index in [-0.39, 0.29) is 11.3 Å². The minimum Gasteiger partial charge on any atom is -0.369 e. The molecule has 0 aromatic carbocycles. The zero-order valence-corrected chi connectivity index (χ0v) is 8.78. The number of unbranched alkanes of at least 4 members (excludes halogenated alkanes) is 1. The van der Waals surface area contributed by atoms with E-state index >= 15 is 0 Å². The number of alkyl halides is 1. The minimum atomic E-state index is -0.331. The van der Waals surface area contributed by atoms with Gasteiger partial charge in [-0.25, -0.2) is 0 Å². The van der Waals surface area contributed by atoms with Crippen LogP contribution in [0, 0.1) is 5.41 Å². The Kier molecular flexibility index (Phi) is 4.73. The van der Waals surface area contributed by atoms with E-state index in [0.29, 0.717) is 0 Å². The molecule has 1 amide bonds. The average Bonchev–Trinajstić information content (AvgIpc) is 1.88. The normalized spacial score (nSPS) is 11.5. The van der Waals surface area contributed by atoms with Crippen LogP contribution in [-0.4, -0.2) is 11.2 Å². The van der Waals surface area contributed by atoms with Gasteiger partial charge in [0.1, 0.15) is 0 Å². The molecule has 0 aromatic rings. The maximum Gasteiger partial charge on any atom is 0.223 e. The van der Waals surface area contributed by atoms with Crippen LogP contribution < -0.4 is 5.73 Å². The molecule has 2 nitrogen and oxygen atoms in total. The lowest BCUT2D eigenvalue weighted by Crippen LogP contribution is -2.31. The van der Waals surface area contributed by atoms with E-state index in [1.807, 2.05) is 13.8 Å². The van der Waals surface area contributed by atoms with Crippen molar-refractivity contribution in [3.63, 3.8) is 0 Å². The van der Waals surface area contributed by atoms with Gasteiger partial charge in [-0.15, -0.1) is 0 Å². The highest BCUT2D eigenvalue weighted by molar-refractivity contribution is 9.09. The Balaban J connectivity index is 3.64. The molecule has 0 unspecified atom stereocenters. The molecule has 11 heavy (non-hydrogen) atoms. The first kappa shape index (κ1) is 11.0. The predicted octanol–water partition coefficient (Wildman–Crippen LogP) is 2.06. The van der Waals surface area contributed by atoms with Crippen molar-refractivity contribution in [2.24, 2.45) is 11.1 Å². The third kappa shape index (κ3) is 4.40. The summed E-state index contributed by atoms with van der Waals surface area (Å²) in [5.74, 6) is -0.202. The highest BCUT2D eigenvalue weighted by atomic mass is 79.9. The number of nitrogens with two attached hydrogens (primary N) is 1. The SMILES string of the molecule is CC(C)(CCCCBr)C(N)=O. The van der Waals surface area contributed by atoms with E-state index in [1.165, 1.54) is 0 Å². The van der Waals surface area contributed by atoms with Gasteiger partial charge in [0, 0.05) is 10.7 Å². The summed E-state index contributed by atoms with van der Waals surface area (Å²) in [6.07, 6.45) is 3.05. The molecule has 66 valence electrons. The monoisotopic (exact) mass is 221 g/mol. The van der Waals surface area contributed by atoms with Crippen LogP contribution in [0.5, 0.6) is 0 Å². The van der Waals surface area contributed by atoms with Crippen molar-refractivity contribution in [3.05, 3.63) is 0 Å². The third-order valence-electron chi connectivity index (χ3n) is 1.85. The van der Waals surface area contributed by atoms with E-state index in [9.17, 15) is 4.79 Å². The Morgan fingerprint density at radius 2 is 2.00 bits per heavy atom. The van der Waals surface area contributed by atoms with Gasteiger partial charge in [0.2, 0.25) is 5.91 Å². The first-order valence-corrected chi connectivity index (χ1v) is 4.99. The molecule has 0 heterocycles. The van der Waals surface area contributed by atoms with Crippen molar-refractivity contribution in [2.45, 2.75) is 33.1 Å². The number of carbonyl (C=O) groups excluding carboxylic acids is 1. The summed E-state index contributed by atoms with van der Waals surface area (Å²) in [4.78, 5) is 10.8. The molecule has 0 radical (unpaired) electrons. The summed E-state index contributed by atoms with van der Waals surface area (Å²) in [5, 5.41) is 1.00. The Hall–Kier alpha value is -0.0500. The van der Waals surface area contributed by atoms with Gasteiger partial charge in [-0.05, 0) is 12.8 Å². The molecule has 0 spiro atoms.